The molecule has 0 heterocycles. The number of hydrogen-bond donors (Lipinski definition) is 0. The van der Waals surface area contributed by atoms with E-state index in [4.69, 9.17) is 0 Å². The van der Waals surface area contributed by atoms with Crippen molar-refractivity contribution >= 4 is 11.6 Å². The molecule has 0 heteroatoms. The van der Waals surface area contributed by atoms with Crippen molar-refractivity contribution in [3.05, 3.63) is 80.8 Å². The molecule has 0 nitrogen and oxygen atoms in total. The summed E-state index contributed by atoms with van der Waals surface area (Å²) in [5.41, 5.74) is 9.05. The van der Waals surface area contributed by atoms with E-state index in [0.717, 1.165) is 6.42 Å². The number of hydrogen-bond acceptors (Lipinski definition) is 0. The smallest absolute Gasteiger partial charge is 0.0167 e. The van der Waals surface area contributed by atoms with E-state index in [1.165, 1.54) is 43.9 Å². The molecule has 1 unspecified atom stereocenters. The Morgan fingerprint density at radius 2 is 1.71 bits per heavy atom. The first-order valence-corrected chi connectivity index (χ1v) is 10.6. The number of allylic oxidation sites excluding steroid dienone is 8. The van der Waals surface area contributed by atoms with Crippen LogP contribution in [0.1, 0.15) is 67.4 Å². The Kier molecular flexibility index (Phi) is 4.10. The third kappa shape index (κ3) is 2.72. The third-order valence-corrected chi connectivity index (χ3v) is 7.09. The van der Waals surface area contributed by atoms with Gasteiger partial charge in [-0.25, -0.2) is 0 Å². The van der Waals surface area contributed by atoms with Gasteiger partial charge in [-0.1, -0.05) is 91.0 Å². The summed E-state index contributed by atoms with van der Waals surface area (Å²) in [7, 11) is 0. The Morgan fingerprint density at radius 1 is 1.00 bits per heavy atom. The fraction of sp³-hybridized carbons (Fsp3) is 0.429. The van der Waals surface area contributed by atoms with Gasteiger partial charge in [0.05, 0.1) is 0 Å². The standard InChI is InChI=1S/C28H34/c1-18-17-28(8,27(5,6)7)25(19-11-9-10-12-19)23-16-20-15-21(26(2,3)4)13-14-22(20)24(18)23/h9-11,13-17H,12H2,1-8H3. The molecule has 3 aliphatic carbocycles. The van der Waals surface area contributed by atoms with Crippen molar-refractivity contribution in [1.29, 1.82) is 0 Å². The summed E-state index contributed by atoms with van der Waals surface area (Å²) in [6.07, 6.45) is 12.9. The lowest BCUT2D eigenvalue weighted by atomic mass is 9.57. The summed E-state index contributed by atoms with van der Waals surface area (Å²) >= 11 is 0. The van der Waals surface area contributed by atoms with Crippen molar-refractivity contribution in [2.45, 2.75) is 67.2 Å². The van der Waals surface area contributed by atoms with Crippen LogP contribution in [-0.4, -0.2) is 0 Å². The number of fused-ring (bicyclic) bond motifs is 2. The largest absolute Gasteiger partial charge is 0.0801 e. The number of rotatable bonds is 1. The van der Waals surface area contributed by atoms with Crippen LogP contribution < -0.4 is 10.4 Å². The number of benzene rings is 1. The second-order valence-electron chi connectivity index (χ2n) is 11.0. The third-order valence-electron chi connectivity index (χ3n) is 7.09. The van der Waals surface area contributed by atoms with Gasteiger partial charge in [-0.05, 0) is 74.1 Å². The molecule has 0 bridgehead atoms. The second kappa shape index (κ2) is 5.96. The highest BCUT2D eigenvalue weighted by Crippen LogP contribution is 2.55. The lowest BCUT2D eigenvalue weighted by Crippen LogP contribution is -2.36. The van der Waals surface area contributed by atoms with E-state index >= 15 is 0 Å². The molecule has 0 amide bonds. The molecule has 0 aromatic heterocycles. The molecule has 1 aromatic rings. The van der Waals surface area contributed by atoms with Crippen molar-refractivity contribution in [1.82, 2.24) is 0 Å². The average Bonchev–Trinajstić information content (AvgIpc) is 3.19. The van der Waals surface area contributed by atoms with Gasteiger partial charge in [0.1, 0.15) is 0 Å². The zero-order valence-electron chi connectivity index (χ0n) is 18.8. The van der Waals surface area contributed by atoms with E-state index in [1.807, 2.05) is 0 Å². The van der Waals surface area contributed by atoms with Gasteiger partial charge in [0, 0.05) is 5.41 Å². The first-order chi connectivity index (χ1) is 12.9. The lowest BCUT2D eigenvalue weighted by molar-refractivity contribution is 0.212. The summed E-state index contributed by atoms with van der Waals surface area (Å²) in [6.45, 7) is 18.8. The zero-order chi connectivity index (χ0) is 20.5. The Labute approximate surface area is 170 Å². The Hall–Kier alpha value is -2.08. The van der Waals surface area contributed by atoms with Crippen LogP contribution in [-0.2, 0) is 5.41 Å². The summed E-state index contributed by atoms with van der Waals surface area (Å²) in [5, 5.41) is 2.78. The molecule has 0 saturated carbocycles. The van der Waals surface area contributed by atoms with Gasteiger partial charge < -0.3 is 0 Å². The van der Waals surface area contributed by atoms with Gasteiger partial charge in [-0.2, -0.15) is 0 Å². The average molecular weight is 371 g/mol. The van der Waals surface area contributed by atoms with E-state index in [9.17, 15) is 0 Å². The van der Waals surface area contributed by atoms with Crippen LogP contribution in [0.15, 0.2) is 64.8 Å². The first kappa shape index (κ1) is 19.2. The maximum Gasteiger partial charge on any atom is 0.0167 e. The van der Waals surface area contributed by atoms with Crippen LogP contribution in [0.25, 0.3) is 11.6 Å². The van der Waals surface area contributed by atoms with E-state index in [-0.39, 0.29) is 16.2 Å². The molecule has 1 atom stereocenters. The van der Waals surface area contributed by atoms with Crippen LogP contribution >= 0.6 is 0 Å². The maximum absolute atomic E-state index is 2.54. The molecule has 3 aliphatic rings. The predicted octanol–water partition coefficient (Wildman–Crippen LogP) is 6.12. The molecule has 0 saturated heterocycles. The van der Waals surface area contributed by atoms with Crippen molar-refractivity contribution in [3.8, 4) is 0 Å². The molecule has 146 valence electrons. The van der Waals surface area contributed by atoms with Gasteiger partial charge in [-0.15, -0.1) is 0 Å². The minimum atomic E-state index is 0.0131. The van der Waals surface area contributed by atoms with Crippen molar-refractivity contribution in [2.75, 3.05) is 0 Å². The van der Waals surface area contributed by atoms with Gasteiger partial charge in [-0.3, -0.25) is 0 Å². The summed E-state index contributed by atoms with van der Waals surface area (Å²) in [4.78, 5) is 0. The minimum absolute atomic E-state index is 0.0131. The SMILES string of the molecule is CC1=CC(C)(C(C)(C)C)C(C2=CC=CC2)=C2C=c3cc(C(C)(C)C)ccc3=C12. The van der Waals surface area contributed by atoms with Crippen molar-refractivity contribution < 1.29 is 0 Å². The van der Waals surface area contributed by atoms with Crippen LogP contribution in [0, 0.1) is 10.8 Å². The quantitative estimate of drug-likeness (QED) is 0.558. The Morgan fingerprint density at radius 3 is 2.29 bits per heavy atom. The molecule has 0 N–H and O–H groups in total. The highest BCUT2D eigenvalue weighted by Gasteiger charge is 2.44. The van der Waals surface area contributed by atoms with Crippen LogP contribution in [0.2, 0.25) is 0 Å². The van der Waals surface area contributed by atoms with Crippen LogP contribution in [0.4, 0.5) is 0 Å². The Bertz CT molecular complexity index is 1100. The van der Waals surface area contributed by atoms with Gasteiger partial charge in [0.25, 0.3) is 0 Å². The molecule has 0 spiro atoms. The predicted molar refractivity (Wildman–Crippen MR) is 122 cm³/mol. The maximum atomic E-state index is 2.54. The molecular formula is C28H34. The summed E-state index contributed by atoms with van der Waals surface area (Å²) in [5.74, 6) is 0. The minimum Gasteiger partial charge on any atom is -0.0801 e. The first-order valence-electron chi connectivity index (χ1n) is 10.6. The molecule has 0 radical (unpaired) electrons. The topological polar surface area (TPSA) is 0 Å². The van der Waals surface area contributed by atoms with E-state index in [1.54, 1.807) is 0 Å². The highest BCUT2D eigenvalue weighted by atomic mass is 14.5. The fourth-order valence-corrected chi connectivity index (χ4v) is 4.96. The molecule has 0 fully saturated rings. The second-order valence-corrected chi connectivity index (χ2v) is 11.0. The van der Waals surface area contributed by atoms with E-state index in [2.05, 4.69) is 104 Å². The Balaban J connectivity index is 2.07. The normalized spacial score (nSPS) is 24.1. The zero-order valence-corrected chi connectivity index (χ0v) is 18.8. The molecule has 1 aromatic carbocycles. The molecule has 4 rings (SSSR count). The highest BCUT2D eigenvalue weighted by molar-refractivity contribution is 5.94. The van der Waals surface area contributed by atoms with E-state index in [0.29, 0.717) is 0 Å². The van der Waals surface area contributed by atoms with Crippen molar-refractivity contribution in [3.63, 3.8) is 0 Å². The monoisotopic (exact) mass is 370 g/mol. The van der Waals surface area contributed by atoms with Gasteiger partial charge in [0.2, 0.25) is 0 Å². The van der Waals surface area contributed by atoms with Crippen molar-refractivity contribution in [2.24, 2.45) is 10.8 Å². The van der Waals surface area contributed by atoms with Crippen LogP contribution in [0.5, 0.6) is 0 Å². The van der Waals surface area contributed by atoms with E-state index < -0.39 is 0 Å². The lowest BCUT2D eigenvalue weighted by Gasteiger charge is -2.46. The molecule has 0 aliphatic heterocycles. The van der Waals surface area contributed by atoms with Gasteiger partial charge in [0.15, 0.2) is 0 Å². The molecular weight excluding hydrogens is 336 g/mol. The summed E-state index contributed by atoms with van der Waals surface area (Å²) < 4.78 is 0. The summed E-state index contributed by atoms with van der Waals surface area (Å²) in [6, 6.07) is 7.09. The van der Waals surface area contributed by atoms with Crippen LogP contribution in [0.3, 0.4) is 0 Å². The van der Waals surface area contributed by atoms with Gasteiger partial charge >= 0.3 is 0 Å². The molecule has 28 heavy (non-hydrogen) atoms. The fourth-order valence-electron chi connectivity index (χ4n) is 4.96.